The molecule has 0 unspecified atom stereocenters. The van der Waals surface area contributed by atoms with Gasteiger partial charge in [-0.05, 0) is 45.9 Å². The van der Waals surface area contributed by atoms with E-state index >= 15 is 0 Å². The second-order valence-electron chi connectivity index (χ2n) is 4.10. The van der Waals surface area contributed by atoms with E-state index in [2.05, 4.69) is 43.7 Å². The Morgan fingerprint density at radius 1 is 1.35 bits per heavy atom. The first-order valence-electron chi connectivity index (χ1n) is 6.28. The van der Waals surface area contributed by atoms with Crippen LogP contribution in [0.4, 0.5) is 5.82 Å². The van der Waals surface area contributed by atoms with Crippen molar-refractivity contribution in [3.05, 3.63) is 38.6 Å². The van der Waals surface area contributed by atoms with Crippen LogP contribution in [-0.4, -0.2) is 22.6 Å². The summed E-state index contributed by atoms with van der Waals surface area (Å²) in [5.74, 6) is 0.462. The number of thiophene rings is 1. The van der Waals surface area contributed by atoms with Gasteiger partial charge in [-0.2, -0.15) is 0 Å². The van der Waals surface area contributed by atoms with Crippen LogP contribution in [0.3, 0.4) is 0 Å². The molecular weight excluding hydrogens is 340 g/mol. The summed E-state index contributed by atoms with van der Waals surface area (Å²) in [4.78, 5) is 13.0. The van der Waals surface area contributed by atoms with Gasteiger partial charge in [-0.1, -0.05) is 6.92 Å². The highest BCUT2D eigenvalue weighted by atomic mass is 79.9. The van der Waals surface area contributed by atoms with E-state index in [-0.39, 0.29) is 5.91 Å². The number of amides is 1. The number of anilines is 1. The third kappa shape index (κ3) is 4.01. The third-order valence-electron chi connectivity index (χ3n) is 2.55. The van der Waals surface area contributed by atoms with Gasteiger partial charge in [0.1, 0.15) is 5.82 Å². The molecular formula is C13H15BrN4OS. The zero-order valence-corrected chi connectivity index (χ0v) is 13.4. The van der Waals surface area contributed by atoms with Gasteiger partial charge in [-0.3, -0.25) is 4.79 Å². The molecule has 0 saturated heterocycles. The fraction of sp³-hybridized carbons (Fsp3) is 0.308. The average molecular weight is 355 g/mol. The van der Waals surface area contributed by atoms with Gasteiger partial charge in [-0.25, -0.2) is 0 Å². The van der Waals surface area contributed by atoms with E-state index in [1.807, 2.05) is 11.4 Å². The zero-order chi connectivity index (χ0) is 14.4. The van der Waals surface area contributed by atoms with Gasteiger partial charge in [0.2, 0.25) is 0 Å². The second kappa shape index (κ2) is 7.35. The highest BCUT2D eigenvalue weighted by Gasteiger charge is 2.09. The van der Waals surface area contributed by atoms with Gasteiger partial charge in [0.15, 0.2) is 5.69 Å². The lowest BCUT2D eigenvalue weighted by Crippen LogP contribution is -2.24. The van der Waals surface area contributed by atoms with Crippen LogP contribution in [-0.2, 0) is 6.54 Å². The van der Waals surface area contributed by atoms with Crippen LogP contribution in [0.15, 0.2) is 28.1 Å². The molecule has 2 N–H and O–H groups in total. The van der Waals surface area contributed by atoms with E-state index in [4.69, 9.17) is 0 Å². The van der Waals surface area contributed by atoms with Crippen molar-refractivity contribution < 1.29 is 4.79 Å². The Morgan fingerprint density at radius 2 is 2.20 bits per heavy atom. The summed E-state index contributed by atoms with van der Waals surface area (Å²) in [5.41, 5.74) is 0.319. The van der Waals surface area contributed by atoms with Crippen molar-refractivity contribution in [1.29, 1.82) is 0 Å². The molecule has 0 aliphatic rings. The molecule has 5 nitrogen and oxygen atoms in total. The first-order valence-corrected chi connectivity index (χ1v) is 7.95. The largest absolute Gasteiger partial charge is 0.369 e. The Labute approximate surface area is 129 Å². The number of halogens is 1. The summed E-state index contributed by atoms with van der Waals surface area (Å²) >= 11 is 5.02. The van der Waals surface area contributed by atoms with E-state index in [9.17, 15) is 4.79 Å². The normalized spacial score (nSPS) is 10.3. The fourth-order valence-corrected chi connectivity index (χ4v) is 2.94. The molecule has 0 aliphatic carbocycles. The van der Waals surface area contributed by atoms with Crippen molar-refractivity contribution in [3.63, 3.8) is 0 Å². The van der Waals surface area contributed by atoms with Crippen LogP contribution >= 0.6 is 27.3 Å². The highest BCUT2D eigenvalue weighted by molar-refractivity contribution is 9.10. The molecule has 20 heavy (non-hydrogen) atoms. The predicted octanol–water partition coefficient (Wildman–Crippen LogP) is 3.05. The molecule has 2 aromatic heterocycles. The SMILES string of the molecule is CCCNc1ccc(C(=O)NCc2sccc2Br)nn1. The Bertz CT molecular complexity index is 570. The summed E-state index contributed by atoms with van der Waals surface area (Å²) in [7, 11) is 0. The Balaban J connectivity index is 1.90. The number of carbonyl (C=O) groups is 1. The standard InChI is InChI=1S/C13H15BrN4OS/c1-2-6-15-12-4-3-10(17-18-12)13(19)16-8-11-9(14)5-7-20-11/h3-5,7H,2,6,8H2,1H3,(H,15,18)(H,16,19). The molecule has 1 amide bonds. The van der Waals surface area contributed by atoms with Gasteiger partial charge in [-0.15, -0.1) is 21.5 Å². The summed E-state index contributed by atoms with van der Waals surface area (Å²) in [6.07, 6.45) is 1.01. The third-order valence-corrected chi connectivity index (χ3v) is 4.48. The monoisotopic (exact) mass is 354 g/mol. The van der Waals surface area contributed by atoms with Crippen LogP contribution in [0, 0.1) is 0 Å². The van der Waals surface area contributed by atoms with Gasteiger partial charge in [0.05, 0.1) is 6.54 Å². The van der Waals surface area contributed by atoms with Crippen LogP contribution in [0.1, 0.15) is 28.7 Å². The van der Waals surface area contributed by atoms with Crippen LogP contribution in [0.25, 0.3) is 0 Å². The number of nitrogens with zero attached hydrogens (tertiary/aromatic N) is 2. The fourth-order valence-electron chi connectivity index (χ4n) is 1.50. The highest BCUT2D eigenvalue weighted by Crippen LogP contribution is 2.22. The van der Waals surface area contributed by atoms with Gasteiger partial charge in [0.25, 0.3) is 5.91 Å². The number of hydrogen-bond donors (Lipinski definition) is 2. The molecule has 0 fully saturated rings. The smallest absolute Gasteiger partial charge is 0.272 e. The Kier molecular flexibility index (Phi) is 5.49. The minimum atomic E-state index is -0.222. The van der Waals surface area contributed by atoms with Gasteiger partial charge >= 0.3 is 0 Å². The van der Waals surface area contributed by atoms with Crippen molar-refractivity contribution in [2.75, 3.05) is 11.9 Å². The lowest BCUT2D eigenvalue weighted by Gasteiger charge is -2.05. The minimum absolute atomic E-state index is 0.222. The van der Waals surface area contributed by atoms with Crippen molar-refractivity contribution in [2.24, 2.45) is 0 Å². The number of aromatic nitrogens is 2. The van der Waals surface area contributed by atoms with Crippen molar-refractivity contribution in [2.45, 2.75) is 19.9 Å². The molecule has 0 aliphatic heterocycles. The number of carbonyl (C=O) groups excluding carboxylic acids is 1. The van der Waals surface area contributed by atoms with E-state index in [0.717, 1.165) is 22.3 Å². The summed E-state index contributed by atoms with van der Waals surface area (Å²) < 4.78 is 1.01. The maximum atomic E-state index is 11.9. The lowest BCUT2D eigenvalue weighted by molar-refractivity contribution is 0.0945. The molecule has 2 aromatic rings. The zero-order valence-electron chi connectivity index (χ0n) is 11.0. The Hall–Kier alpha value is -1.47. The van der Waals surface area contributed by atoms with E-state index < -0.39 is 0 Å². The molecule has 0 saturated carbocycles. The van der Waals surface area contributed by atoms with Crippen molar-refractivity contribution in [3.8, 4) is 0 Å². The van der Waals surface area contributed by atoms with Gasteiger partial charge < -0.3 is 10.6 Å². The molecule has 0 aromatic carbocycles. The first-order chi connectivity index (χ1) is 9.70. The summed E-state index contributed by atoms with van der Waals surface area (Å²) in [6, 6.07) is 5.39. The molecule has 2 heterocycles. The predicted molar refractivity (Wildman–Crippen MR) is 84.0 cm³/mol. The summed E-state index contributed by atoms with van der Waals surface area (Å²) in [6.45, 7) is 3.40. The van der Waals surface area contributed by atoms with E-state index in [0.29, 0.717) is 18.1 Å². The molecule has 0 atom stereocenters. The topological polar surface area (TPSA) is 66.9 Å². The van der Waals surface area contributed by atoms with Crippen LogP contribution in [0.2, 0.25) is 0 Å². The van der Waals surface area contributed by atoms with Crippen LogP contribution < -0.4 is 10.6 Å². The Morgan fingerprint density at radius 3 is 2.80 bits per heavy atom. The number of rotatable bonds is 6. The van der Waals surface area contributed by atoms with Crippen molar-refractivity contribution >= 4 is 39.0 Å². The average Bonchev–Trinajstić information content (AvgIpc) is 2.88. The molecule has 0 spiro atoms. The van der Waals surface area contributed by atoms with E-state index in [1.165, 1.54) is 0 Å². The summed E-state index contributed by atoms with van der Waals surface area (Å²) in [5, 5.41) is 15.8. The van der Waals surface area contributed by atoms with Crippen LogP contribution in [0.5, 0.6) is 0 Å². The molecule has 0 radical (unpaired) electrons. The molecule has 0 bridgehead atoms. The van der Waals surface area contributed by atoms with E-state index in [1.54, 1.807) is 23.5 Å². The van der Waals surface area contributed by atoms with Crippen molar-refractivity contribution in [1.82, 2.24) is 15.5 Å². The second-order valence-corrected chi connectivity index (χ2v) is 5.96. The lowest BCUT2D eigenvalue weighted by atomic mass is 10.3. The quantitative estimate of drug-likeness (QED) is 0.836. The molecule has 7 heteroatoms. The molecule has 2 rings (SSSR count). The first kappa shape index (κ1) is 14.9. The maximum Gasteiger partial charge on any atom is 0.272 e. The minimum Gasteiger partial charge on any atom is -0.369 e. The molecule has 106 valence electrons. The number of nitrogens with one attached hydrogen (secondary N) is 2. The number of hydrogen-bond acceptors (Lipinski definition) is 5. The maximum absolute atomic E-state index is 11.9. The van der Waals surface area contributed by atoms with Gasteiger partial charge in [0, 0.05) is 15.9 Å².